The molecule has 2 aromatic carbocycles. The number of hydrogen-bond donors (Lipinski definition) is 0. The molecular weight excluding hydrogens is 418 g/mol. The van der Waals surface area contributed by atoms with E-state index in [1.807, 2.05) is 6.92 Å². The van der Waals surface area contributed by atoms with Gasteiger partial charge in [-0.05, 0) is 57.5 Å². The minimum absolute atomic E-state index is 0.104. The first-order valence-electron chi connectivity index (χ1n) is 9.98. The molecular formula is C23H25NO6S. The smallest absolute Gasteiger partial charge is 0.324 e. The average Bonchev–Trinajstić information content (AvgIpc) is 3.06. The molecule has 0 fully saturated rings. The Kier molecular flexibility index (Phi) is 6.50. The maximum atomic E-state index is 13.4. The van der Waals surface area contributed by atoms with Gasteiger partial charge in [-0.1, -0.05) is 29.8 Å². The average molecular weight is 444 g/mol. The minimum atomic E-state index is -3.89. The van der Waals surface area contributed by atoms with Gasteiger partial charge in [-0.2, -0.15) is 0 Å². The minimum Gasteiger partial charge on any atom is -0.465 e. The van der Waals surface area contributed by atoms with Crippen LogP contribution in [0.25, 0.3) is 10.9 Å². The molecule has 0 atom stereocenters. The maximum Gasteiger partial charge on any atom is 0.324 e. The lowest BCUT2D eigenvalue weighted by Crippen LogP contribution is -2.26. The lowest BCUT2D eigenvalue weighted by Gasteiger charge is -2.16. The molecule has 0 amide bonds. The van der Waals surface area contributed by atoms with E-state index in [-0.39, 0.29) is 18.1 Å². The van der Waals surface area contributed by atoms with Gasteiger partial charge in [0.2, 0.25) is 0 Å². The monoisotopic (exact) mass is 443 g/mol. The van der Waals surface area contributed by atoms with Gasteiger partial charge in [0.1, 0.15) is 0 Å². The Morgan fingerprint density at radius 2 is 1.52 bits per heavy atom. The van der Waals surface area contributed by atoms with Gasteiger partial charge < -0.3 is 9.47 Å². The molecule has 3 rings (SSSR count). The number of carbonyl (C=O) groups excluding carboxylic acids is 2. The Morgan fingerprint density at radius 1 is 0.935 bits per heavy atom. The third kappa shape index (κ3) is 4.20. The number of benzene rings is 2. The van der Waals surface area contributed by atoms with Crippen molar-refractivity contribution < 1.29 is 27.5 Å². The molecule has 31 heavy (non-hydrogen) atoms. The van der Waals surface area contributed by atoms with Crippen molar-refractivity contribution in [1.29, 1.82) is 0 Å². The van der Waals surface area contributed by atoms with Crippen molar-refractivity contribution in [2.75, 3.05) is 13.2 Å². The number of rotatable bonds is 7. The molecule has 0 unspecified atom stereocenters. The maximum absolute atomic E-state index is 13.4. The zero-order valence-corrected chi connectivity index (χ0v) is 18.7. The quantitative estimate of drug-likeness (QED) is 0.408. The molecule has 3 aromatic rings. The molecule has 0 aliphatic carbocycles. The van der Waals surface area contributed by atoms with Crippen molar-refractivity contribution in [3.05, 3.63) is 65.4 Å². The Balaban J connectivity index is 2.22. The highest BCUT2D eigenvalue weighted by atomic mass is 32.2. The van der Waals surface area contributed by atoms with Crippen LogP contribution >= 0.6 is 0 Å². The van der Waals surface area contributed by atoms with Crippen LogP contribution in [-0.4, -0.2) is 37.5 Å². The van der Waals surface area contributed by atoms with Crippen molar-refractivity contribution in [2.24, 2.45) is 0 Å². The Bertz CT molecular complexity index is 1210. The summed E-state index contributed by atoms with van der Waals surface area (Å²) in [6, 6.07) is 13.1. The van der Waals surface area contributed by atoms with Crippen LogP contribution in [0.5, 0.6) is 0 Å². The van der Waals surface area contributed by atoms with Crippen molar-refractivity contribution in [1.82, 2.24) is 3.97 Å². The molecule has 1 heterocycles. The molecule has 0 saturated heterocycles. The van der Waals surface area contributed by atoms with Crippen LogP contribution in [0.4, 0.5) is 0 Å². The molecule has 0 bridgehead atoms. The number of carbonyl (C=O) groups is 2. The molecule has 0 radical (unpaired) electrons. The molecule has 7 nitrogen and oxygen atoms in total. The van der Waals surface area contributed by atoms with E-state index >= 15 is 0 Å². The van der Waals surface area contributed by atoms with Gasteiger partial charge in [-0.3, -0.25) is 9.59 Å². The van der Waals surface area contributed by atoms with Gasteiger partial charge in [0.15, 0.2) is 5.92 Å². The highest BCUT2D eigenvalue weighted by Crippen LogP contribution is 2.32. The molecule has 0 spiro atoms. The topological polar surface area (TPSA) is 91.7 Å². The summed E-state index contributed by atoms with van der Waals surface area (Å²) in [5.41, 5.74) is 2.11. The van der Waals surface area contributed by atoms with Crippen molar-refractivity contribution in [3.8, 4) is 0 Å². The fourth-order valence-corrected chi connectivity index (χ4v) is 5.09. The number of hydrogen-bond acceptors (Lipinski definition) is 6. The second-order valence-electron chi connectivity index (χ2n) is 7.09. The Morgan fingerprint density at radius 3 is 2.06 bits per heavy atom. The lowest BCUT2D eigenvalue weighted by atomic mass is 9.95. The number of esters is 2. The van der Waals surface area contributed by atoms with Crippen molar-refractivity contribution in [3.63, 3.8) is 0 Å². The SMILES string of the molecule is CCOC(=O)C(C(=O)OCC)c1cccc2c1cc(C)n2S(=O)(=O)c1ccc(C)cc1. The zero-order chi connectivity index (χ0) is 22.8. The first-order valence-corrected chi connectivity index (χ1v) is 11.4. The molecule has 0 aliphatic heterocycles. The second kappa shape index (κ2) is 8.93. The Labute approximate surface area is 181 Å². The van der Waals surface area contributed by atoms with Gasteiger partial charge in [0.05, 0.1) is 23.6 Å². The second-order valence-corrected chi connectivity index (χ2v) is 8.87. The number of fused-ring (bicyclic) bond motifs is 1. The van der Waals surface area contributed by atoms with E-state index in [0.29, 0.717) is 22.2 Å². The summed E-state index contributed by atoms with van der Waals surface area (Å²) >= 11 is 0. The standard InChI is InChI=1S/C23H25NO6S/c1-5-29-22(25)21(23(26)30-6-2)18-8-7-9-20-19(18)14-16(4)24(20)31(27,28)17-12-10-15(3)11-13-17/h7-14,21H,5-6H2,1-4H3. The van der Waals surface area contributed by atoms with E-state index in [9.17, 15) is 18.0 Å². The van der Waals surface area contributed by atoms with Gasteiger partial charge in [0, 0.05) is 11.1 Å². The molecule has 164 valence electrons. The predicted octanol–water partition coefficient (Wildman–Crippen LogP) is 3.70. The van der Waals surface area contributed by atoms with Gasteiger partial charge in [-0.15, -0.1) is 0 Å². The van der Waals surface area contributed by atoms with Crippen LogP contribution in [0.2, 0.25) is 0 Å². The van der Waals surface area contributed by atoms with Crippen molar-refractivity contribution >= 4 is 32.9 Å². The summed E-state index contributed by atoms with van der Waals surface area (Å²) in [6.45, 7) is 7.05. The molecule has 1 aromatic heterocycles. The number of ether oxygens (including phenoxy) is 2. The lowest BCUT2D eigenvalue weighted by molar-refractivity contribution is -0.156. The van der Waals surface area contributed by atoms with Crippen LogP contribution in [0.15, 0.2) is 53.4 Å². The third-order valence-corrected chi connectivity index (χ3v) is 6.76. The summed E-state index contributed by atoms with van der Waals surface area (Å²) in [4.78, 5) is 25.3. The highest BCUT2D eigenvalue weighted by Gasteiger charge is 2.34. The summed E-state index contributed by atoms with van der Waals surface area (Å²) in [7, 11) is -3.89. The van der Waals surface area contributed by atoms with E-state index in [1.165, 1.54) is 3.97 Å². The van der Waals surface area contributed by atoms with Crippen LogP contribution in [0, 0.1) is 13.8 Å². The van der Waals surface area contributed by atoms with Crippen LogP contribution in [0.3, 0.4) is 0 Å². The zero-order valence-electron chi connectivity index (χ0n) is 17.9. The largest absolute Gasteiger partial charge is 0.465 e. The number of aromatic nitrogens is 1. The number of aryl methyl sites for hydroxylation is 2. The normalized spacial score (nSPS) is 11.6. The number of nitrogens with zero attached hydrogens (tertiary/aromatic N) is 1. The molecule has 8 heteroatoms. The fraction of sp³-hybridized carbons (Fsp3) is 0.304. The van der Waals surface area contributed by atoms with Crippen LogP contribution < -0.4 is 0 Å². The third-order valence-electron chi connectivity index (χ3n) is 4.92. The fourth-order valence-electron chi connectivity index (χ4n) is 3.55. The van der Waals surface area contributed by atoms with Gasteiger partial charge in [0.25, 0.3) is 10.0 Å². The summed E-state index contributed by atoms with van der Waals surface area (Å²) in [6.07, 6.45) is 0. The Hall–Kier alpha value is -3.13. The highest BCUT2D eigenvalue weighted by molar-refractivity contribution is 7.90. The first-order chi connectivity index (χ1) is 14.7. The molecule has 0 saturated carbocycles. The molecule has 0 aliphatic rings. The van der Waals surface area contributed by atoms with E-state index in [4.69, 9.17) is 9.47 Å². The van der Waals surface area contributed by atoms with E-state index in [1.54, 1.807) is 69.3 Å². The van der Waals surface area contributed by atoms with E-state index in [2.05, 4.69) is 0 Å². The summed E-state index contributed by atoms with van der Waals surface area (Å²) in [5.74, 6) is -2.78. The van der Waals surface area contributed by atoms with Gasteiger partial charge in [-0.25, -0.2) is 12.4 Å². The van der Waals surface area contributed by atoms with Crippen LogP contribution in [-0.2, 0) is 29.1 Å². The van der Waals surface area contributed by atoms with E-state index < -0.39 is 27.9 Å². The van der Waals surface area contributed by atoms with E-state index in [0.717, 1.165) is 5.56 Å². The van der Waals surface area contributed by atoms with Crippen molar-refractivity contribution in [2.45, 2.75) is 38.5 Å². The molecule has 0 N–H and O–H groups in total. The van der Waals surface area contributed by atoms with Crippen LogP contribution in [0.1, 0.15) is 36.6 Å². The first kappa shape index (κ1) is 22.6. The summed E-state index contributed by atoms with van der Waals surface area (Å²) in [5, 5.41) is 0.474. The summed E-state index contributed by atoms with van der Waals surface area (Å²) < 4.78 is 38.2. The van der Waals surface area contributed by atoms with Gasteiger partial charge >= 0.3 is 11.9 Å². The predicted molar refractivity (Wildman–Crippen MR) is 116 cm³/mol.